The van der Waals surface area contributed by atoms with Crippen LogP contribution in [0.2, 0.25) is 0 Å². The van der Waals surface area contributed by atoms with Crippen LogP contribution in [0.25, 0.3) is 5.69 Å². The number of nitrogens with two attached hydrogens (primary N) is 1. The van der Waals surface area contributed by atoms with Gasteiger partial charge in [-0.25, -0.2) is 4.68 Å². The fourth-order valence-electron chi connectivity index (χ4n) is 1.49. The number of aromatic nitrogens is 2. The summed E-state index contributed by atoms with van der Waals surface area (Å²) in [5.41, 5.74) is 6.82. The molecule has 1 aromatic carbocycles. The summed E-state index contributed by atoms with van der Waals surface area (Å²) in [5, 5.41) is 4.07. The minimum Gasteiger partial charge on any atom is -0.491 e. The van der Waals surface area contributed by atoms with E-state index >= 15 is 0 Å². The van der Waals surface area contributed by atoms with Gasteiger partial charge in [0, 0.05) is 0 Å². The van der Waals surface area contributed by atoms with Gasteiger partial charge in [-0.2, -0.15) is 5.10 Å². The summed E-state index contributed by atoms with van der Waals surface area (Å²) in [6.07, 6.45) is 0.620. The molecule has 16 heavy (non-hydrogen) atoms. The first-order valence-corrected chi connectivity index (χ1v) is 4.71. The van der Waals surface area contributed by atoms with E-state index in [1.807, 2.05) is 30.3 Å². The highest BCUT2D eigenvalue weighted by molar-refractivity contribution is 5.80. The number of nitrogens with zero attached hydrogens (tertiary/aromatic N) is 2. The molecule has 5 heteroatoms. The Morgan fingerprint density at radius 1 is 1.38 bits per heavy atom. The van der Waals surface area contributed by atoms with Gasteiger partial charge in [0.25, 0.3) is 0 Å². The van der Waals surface area contributed by atoms with Crippen LogP contribution in [0, 0.1) is 0 Å². The van der Waals surface area contributed by atoms with Crippen molar-refractivity contribution in [1.82, 2.24) is 9.78 Å². The second kappa shape index (κ2) is 4.06. The topological polar surface area (TPSA) is 70.1 Å². The Morgan fingerprint density at radius 2 is 2.06 bits per heavy atom. The predicted molar refractivity (Wildman–Crippen MR) is 59.9 cm³/mol. The lowest BCUT2D eigenvalue weighted by Crippen LogP contribution is -2.02. The van der Waals surface area contributed by atoms with Gasteiger partial charge in [-0.05, 0) is 12.1 Å². The number of ether oxygens (including phenoxy) is 1. The van der Waals surface area contributed by atoms with E-state index in [2.05, 4.69) is 5.10 Å². The van der Waals surface area contributed by atoms with Crippen molar-refractivity contribution in [1.29, 1.82) is 0 Å². The first-order chi connectivity index (χ1) is 7.77. The molecule has 0 fully saturated rings. The van der Waals surface area contributed by atoms with Crippen molar-refractivity contribution in [3.8, 4) is 11.4 Å². The first kappa shape index (κ1) is 10.2. The predicted octanol–water partition coefficient (Wildman–Crippen LogP) is 1.28. The molecule has 0 aliphatic heterocycles. The van der Waals surface area contributed by atoms with E-state index in [0.29, 0.717) is 17.9 Å². The number of aldehydes is 1. The smallest absolute Gasteiger partial charge is 0.192 e. The van der Waals surface area contributed by atoms with E-state index in [1.165, 1.54) is 11.8 Å². The average Bonchev–Trinajstić information content (AvgIpc) is 2.66. The van der Waals surface area contributed by atoms with E-state index in [9.17, 15) is 4.79 Å². The SMILES string of the molecule is COc1c(C=O)nn(-c2ccccc2)c1N. The van der Waals surface area contributed by atoms with Crippen molar-refractivity contribution >= 4 is 12.1 Å². The van der Waals surface area contributed by atoms with Crippen LogP contribution < -0.4 is 10.5 Å². The quantitative estimate of drug-likeness (QED) is 0.786. The molecule has 1 heterocycles. The second-order valence-electron chi connectivity index (χ2n) is 3.17. The third-order valence-corrected chi connectivity index (χ3v) is 2.22. The highest BCUT2D eigenvalue weighted by Gasteiger charge is 2.16. The van der Waals surface area contributed by atoms with Crippen molar-refractivity contribution in [2.75, 3.05) is 12.8 Å². The van der Waals surface area contributed by atoms with Crippen molar-refractivity contribution in [3.63, 3.8) is 0 Å². The number of hydrogen-bond acceptors (Lipinski definition) is 4. The molecule has 0 amide bonds. The lowest BCUT2D eigenvalue weighted by molar-refractivity contribution is 0.111. The zero-order chi connectivity index (χ0) is 11.5. The first-order valence-electron chi connectivity index (χ1n) is 4.71. The Bertz CT molecular complexity index is 505. The maximum absolute atomic E-state index is 10.8. The van der Waals surface area contributed by atoms with E-state index < -0.39 is 0 Å². The molecule has 0 bridgehead atoms. The maximum Gasteiger partial charge on any atom is 0.192 e. The summed E-state index contributed by atoms with van der Waals surface area (Å²) in [5.74, 6) is 0.620. The lowest BCUT2D eigenvalue weighted by Gasteiger charge is -2.03. The average molecular weight is 217 g/mol. The molecular weight excluding hydrogens is 206 g/mol. The Morgan fingerprint density at radius 3 is 2.56 bits per heavy atom. The Hall–Kier alpha value is -2.30. The van der Waals surface area contributed by atoms with Crippen LogP contribution in [0.3, 0.4) is 0 Å². The summed E-state index contributed by atoms with van der Waals surface area (Å²) in [7, 11) is 1.45. The van der Waals surface area contributed by atoms with Gasteiger partial charge in [-0.1, -0.05) is 18.2 Å². The Kier molecular flexibility index (Phi) is 2.59. The molecule has 0 radical (unpaired) electrons. The van der Waals surface area contributed by atoms with Gasteiger partial charge in [-0.15, -0.1) is 0 Å². The van der Waals surface area contributed by atoms with E-state index in [4.69, 9.17) is 10.5 Å². The molecule has 0 unspecified atom stereocenters. The monoisotopic (exact) mass is 217 g/mol. The van der Waals surface area contributed by atoms with Crippen molar-refractivity contribution < 1.29 is 9.53 Å². The Balaban J connectivity index is 2.59. The summed E-state index contributed by atoms with van der Waals surface area (Å²) in [4.78, 5) is 10.8. The number of nitrogen functional groups attached to an aromatic ring is 1. The largest absolute Gasteiger partial charge is 0.491 e. The molecule has 1 aromatic heterocycles. The van der Waals surface area contributed by atoms with Crippen molar-refractivity contribution in [3.05, 3.63) is 36.0 Å². The van der Waals surface area contributed by atoms with Crippen molar-refractivity contribution in [2.24, 2.45) is 0 Å². The molecule has 0 aliphatic carbocycles. The molecule has 82 valence electrons. The van der Waals surface area contributed by atoms with E-state index in [0.717, 1.165) is 5.69 Å². The minimum atomic E-state index is 0.198. The van der Waals surface area contributed by atoms with Gasteiger partial charge in [0.05, 0.1) is 12.8 Å². The zero-order valence-corrected chi connectivity index (χ0v) is 8.75. The molecule has 0 atom stereocenters. The minimum absolute atomic E-state index is 0.198. The van der Waals surface area contributed by atoms with Gasteiger partial charge in [-0.3, -0.25) is 4.79 Å². The van der Waals surface area contributed by atoms with Crippen LogP contribution in [0.4, 0.5) is 5.82 Å². The van der Waals surface area contributed by atoms with Crippen LogP contribution in [0.5, 0.6) is 5.75 Å². The van der Waals surface area contributed by atoms with E-state index in [-0.39, 0.29) is 5.69 Å². The molecule has 2 N–H and O–H groups in total. The maximum atomic E-state index is 10.8. The lowest BCUT2D eigenvalue weighted by atomic mass is 10.3. The molecule has 0 spiro atoms. The van der Waals surface area contributed by atoms with Gasteiger partial charge >= 0.3 is 0 Å². The second-order valence-corrected chi connectivity index (χ2v) is 3.17. The number of para-hydroxylation sites is 1. The van der Waals surface area contributed by atoms with Gasteiger partial charge < -0.3 is 10.5 Å². The molecule has 0 saturated heterocycles. The summed E-state index contributed by atoms with van der Waals surface area (Å²) in [6.45, 7) is 0. The normalized spacial score (nSPS) is 10.1. The highest BCUT2D eigenvalue weighted by atomic mass is 16.5. The van der Waals surface area contributed by atoms with Crippen LogP contribution in [-0.2, 0) is 0 Å². The summed E-state index contributed by atoms with van der Waals surface area (Å²) in [6, 6.07) is 9.31. The standard InChI is InChI=1S/C11H11N3O2/c1-16-10-9(7-15)13-14(11(10)12)8-5-3-2-4-6-8/h2-7H,12H2,1H3. The molecule has 0 saturated carbocycles. The highest BCUT2D eigenvalue weighted by Crippen LogP contribution is 2.27. The molecule has 0 aliphatic rings. The van der Waals surface area contributed by atoms with Gasteiger partial charge in [0.2, 0.25) is 0 Å². The van der Waals surface area contributed by atoms with Crippen molar-refractivity contribution in [2.45, 2.75) is 0 Å². The van der Waals surface area contributed by atoms with Crippen LogP contribution in [0.1, 0.15) is 10.5 Å². The molecule has 2 rings (SSSR count). The van der Waals surface area contributed by atoms with Crippen LogP contribution in [-0.4, -0.2) is 23.2 Å². The summed E-state index contributed by atoms with van der Waals surface area (Å²) < 4.78 is 6.50. The van der Waals surface area contributed by atoms with Gasteiger partial charge in [0.1, 0.15) is 0 Å². The third-order valence-electron chi connectivity index (χ3n) is 2.22. The van der Waals surface area contributed by atoms with Gasteiger partial charge in [0.15, 0.2) is 23.5 Å². The molecule has 2 aromatic rings. The summed E-state index contributed by atoms with van der Waals surface area (Å²) >= 11 is 0. The fraction of sp³-hybridized carbons (Fsp3) is 0.0909. The number of benzene rings is 1. The number of anilines is 1. The van der Waals surface area contributed by atoms with Crippen LogP contribution in [0.15, 0.2) is 30.3 Å². The molecule has 5 nitrogen and oxygen atoms in total. The third kappa shape index (κ3) is 1.52. The van der Waals surface area contributed by atoms with Crippen LogP contribution >= 0.6 is 0 Å². The number of carbonyl (C=O) groups excluding carboxylic acids is 1. The number of hydrogen-bond donors (Lipinski definition) is 1. The zero-order valence-electron chi connectivity index (χ0n) is 8.75. The van der Waals surface area contributed by atoms with E-state index in [1.54, 1.807) is 0 Å². The molecular formula is C11H11N3O2. The number of rotatable bonds is 3. The fourth-order valence-corrected chi connectivity index (χ4v) is 1.49. The number of methoxy groups -OCH3 is 1. The Labute approximate surface area is 92.4 Å². The number of carbonyl (C=O) groups is 1.